The molecule has 8 nitrogen and oxygen atoms in total. The number of hydrogen-bond donors (Lipinski definition) is 1. The summed E-state index contributed by atoms with van der Waals surface area (Å²) < 4.78 is 10.6. The average molecular weight is 653 g/mol. The van der Waals surface area contributed by atoms with Gasteiger partial charge < -0.3 is 14.8 Å². The van der Waals surface area contributed by atoms with Gasteiger partial charge in [-0.3, -0.25) is 9.63 Å². The number of carbonyl (C=O) groups is 3. The molecule has 3 aromatic carbocycles. The van der Waals surface area contributed by atoms with Gasteiger partial charge in [-0.1, -0.05) is 92.0 Å². The van der Waals surface area contributed by atoms with E-state index in [-0.39, 0.29) is 29.6 Å². The molecule has 1 unspecified atom stereocenters. The van der Waals surface area contributed by atoms with Gasteiger partial charge in [0, 0.05) is 28.8 Å². The Balaban J connectivity index is 0.000000373. The predicted molar refractivity (Wildman–Crippen MR) is 189 cm³/mol. The van der Waals surface area contributed by atoms with Crippen LogP contribution in [0.4, 0.5) is 0 Å². The third-order valence-electron chi connectivity index (χ3n) is 7.59. The van der Waals surface area contributed by atoms with E-state index < -0.39 is 18.0 Å². The van der Waals surface area contributed by atoms with Crippen LogP contribution in [0, 0.1) is 0 Å². The Morgan fingerprint density at radius 2 is 1.38 bits per heavy atom. The summed E-state index contributed by atoms with van der Waals surface area (Å²) in [5, 5.41) is 5.09. The van der Waals surface area contributed by atoms with Gasteiger partial charge in [-0.05, 0) is 83.7 Å². The predicted octanol–water partition coefficient (Wildman–Crippen LogP) is 8.01. The number of allylic oxidation sites excluding steroid dienone is 1. The number of amides is 1. The molecule has 1 amide bonds. The number of hydrogen-bond acceptors (Lipinski definition) is 7. The van der Waals surface area contributed by atoms with Crippen molar-refractivity contribution < 1.29 is 28.7 Å². The molecule has 254 valence electrons. The molecule has 0 aromatic heterocycles. The number of carbonyl (C=O) groups excluding carboxylic acids is 3. The zero-order chi connectivity index (χ0) is 35.3. The van der Waals surface area contributed by atoms with Crippen LogP contribution in [0.5, 0.6) is 0 Å². The summed E-state index contributed by atoms with van der Waals surface area (Å²) in [6.45, 7) is 19.1. The first-order valence-corrected chi connectivity index (χ1v) is 16.0. The third-order valence-corrected chi connectivity index (χ3v) is 7.59. The lowest BCUT2D eigenvalue weighted by Crippen LogP contribution is -2.64. The fraction of sp³-hybridized carbons (Fsp3) is 0.325. The van der Waals surface area contributed by atoms with E-state index in [1.165, 1.54) is 6.08 Å². The molecule has 0 spiro atoms. The van der Waals surface area contributed by atoms with Crippen LogP contribution in [0.2, 0.25) is 0 Å². The Morgan fingerprint density at radius 3 is 1.90 bits per heavy atom. The molecule has 1 atom stereocenters. The quantitative estimate of drug-likeness (QED) is 0.127. The molecular formula is C40H48N2O6. The van der Waals surface area contributed by atoms with Crippen molar-refractivity contribution in [3.05, 3.63) is 138 Å². The molecule has 1 N–H and O–H groups in total. The minimum Gasteiger partial charge on any atom is -0.451 e. The molecule has 1 heterocycles. The Labute approximate surface area is 285 Å². The van der Waals surface area contributed by atoms with E-state index in [2.05, 4.69) is 46.2 Å². The lowest BCUT2D eigenvalue weighted by Gasteiger charge is -2.54. The van der Waals surface area contributed by atoms with Crippen molar-refractivity contribution in [2.24, 2.45) is 0 Å². The Morgan fingerprint density at radius 1 is 0.854 bits per heavy atom. The summed E-state index contributed by atoms with van der Waals surface area (Å²) in [4.78, 5) is 42.4. The second kappa shape index (κ2) is 17.4. The average Bonchev–Trinajstić information content (AvgIpc) is 3.03. The number of esters is 2. The highest BCUT2D eigenvalue weighted by atomic mass is 16.7. The van der Waals surface area contributed by atoms with Gasteiger partial charge in [0.15, 0.2) is 6.10 Å². The summed E-state index contributed by atoms with van der Waals surface area (Å²) in [7, 11) is 0. The van der Waals surface area contributed by atoms with E-state index in [0.717, 1.165) is 24.0 Å². The summed E-state index contributed by atoms with van der Waals surface area (Å²) in [6, 6.07) is 28.1. The Hall–Kier alpha value is -4.79. The SMILES string of the molecule is C=C(C)C(=O)NC1CC(C)(C)N(OCC(OC(=O)c2ccccc2)c2ccccc2)C(C)(C)C1.C=C(C)OC(=O)/C=C/c1ccccc1. The van der Waals surface area contributed by atoms with Gasteiger partial charge in [0.25, 0.3) is 0 Å². The molecule has 0 aliphatic carbocycles. The van der Waals surface area contributed by atoms with Crippen LogP contribution < -0.4 is 5.32 Å². The minimum absolute atomic E-state index is 0.00915. The van der Waals surface area contributed by atoms with Gasteiger partial charge in [-0.2, -0.15) is 5.06 Å². The number of nitrogens with one attached hydrogen (secondary N) is 1. The summed E-state index contributed by atoms with van der Waals surface area (Å²) in [6.07, 6.45) is 3.95. The molecule has 48 heavy (non-hydrogen) atoms. The maximum atomic E-state index is 12.8. The maximum absolute atomic E-state index is 12.8. The molecule has 4 rings (SSSR count). The highest BCUT2D eigenvalue weighted by Gasteiger charge is 2.47. The molecule has 1 saturated heterocycles. The Kier molecular flexibility index (Phi) is 13.6. The highest BCUT2D eigenvalue weighted by Crippen LogP contribution is 2.39. The van der Waals surface area contributed by atoms with Crippen molar-refractivity contribution in [2.75, 3.05) is 6.61 Å². The lowest BCUT2D eigenvalue weighted by molar-refractivity contribution is -0.292. The number of piperidine rings is 1. The van der Waals surface area contributed by atoms with Crippen LogP contribution in [0.15, 0.2) is 122 Å². The lowest BCUT2D eigenvalue weighted by atomic mass is 9.79. The molecule has 3 aromatic rings. The fourth-order valence-electron chi connectivity index (χ4n) is 5.74. The van der Waals surface area contributed by atoms with E-state index in [1.807, 2.05) is 83.9 Å². The maximum Gasteiger partial charge on any atom is 0.338 e. The molecule has 1 aliphatic rings. The van der Waals surface area contributed by atoms with E-state index >= 15 is 0 Å². The highest BCUT2D eigenvalue weighted by molar-refractivity contribution is 5.92. The number of hydroxylamine groups is 2. The van der Waals surface area contributed by atoms with E-state index in [1.54, 1.807) is 32.1 Å². The molecule has 1 aliphatic heterocycles. The van der Waals surface area contributed by atoms with Crippen molar-refractivity contribution in [1.29, 1.82) is 0 Å². The van der Waals surface area contributed by atoms with Crippen LogP contribution in [0.25, 0.3) is 6.08 Å². The third kappa shape index (κ3) is 11.8. The van der Waals surface area contributed by atoms with Gasteiger partial charge in [-0.15, -0.1) is 0 Å². The van der Waals surface area contributed by atoms with Gasteiger partial charge in [0.05, 0.1) is 11.3 Å². The number of nitrogens with zero attached hydrogens (tertiary/aromatic N) is 1. The summed E-state index contributed by atoms with van der Waals surface area (Å²) in [5.41, 5.74) is 2.11. The van der Waals surface area contributed by atoms with Gasteiger partial charge in [0.2, 0.25) is 5.91 Å². The normalized spacial score (nSPS) is 16.1. The number of rotatable bonds is 11. The first-order chi connectivity index (χ1) is 22.7. The fourth-order valence-corrected chi connectivity index (χ4v) is 5.74. The van der Waals surface area contributed by atoms with Crippen molar-refractivity contribution in [1.82, 2.24) is 10.4 Å². The van der Waals surface area contributed by atoms with Gasteiger partial charge in [0.1, 0.15) is 6.61 Å². The first kappa shape index (κ1) is 37.7. The van der Waals surface area contributed by atoms with Crippen molar-refractivity contribution in [2.45, 2.75) is 77.6 Å². The van der Waals surface area contributed by atoms with Crippen molar-refractivity contribution in [3.8, 4) is 0 Å². The largest absolute Gasteiger partial charge is 0.451 e. The standard InChI is InChI=1S/C28H36N2O4.C12H12O2/c1-20(2)25(31)29-23-17-27(3,4)30(28(5,6)18-23)33-19-24(21-13-9-7-10-14-21)34-26(32)22-15-11-8-12-16-22;1-10(2)14-12(13)9-8-11-6-4-3-5-7-11/h7-16,23-24H,1,17-19H2,2-6H3,(H,29,31);3-9H,1H2,2H3/b;9-8+. The molecule has 0 radical (unpaired) electrons. The van der Waals surface area contributed by atoms with Crippen LogP contribution in [0.1, 0.15) is 82.0 Å². The smallest absolute Gasteiger partial charge is 0.338 e. The zero-order valence-electron chi connectivity index (χ0n) is 28.9. The van der Waals surface area contributed by atoms with E-state index in [4.69, 9.17) is 14.3 Å². The van der Waals surface area contributed by atoms with Crippen LogP contribution in [0.3, 0.4) is 0 Å². The number of ether oxygens (including phenoxy) is 2. The molecule has 1 fully saturated rings. The first-order valence-electron chi connectivity index (χ1n) is 16.0. The zero-order valence-corrected chi connectivity index (χ0v) is 28.9. The van der Waals surface area contributed by atoms with Crippen molar-refractivity contribution in [3.63, 3.8) is 0 Å². The summed E-state index contributed by atoms with van der Waals surface area (Å²) >= 11 is 0. The Bertz CT molecular complexity index is 1550. The van der Waals surface area contributed by atoms with E-state index in [0.29, 0.717) is 16.9 Å². The molecule has 8 heteroatoms. The molecule has 0 saturated carbocycles. The second-order valence-corrected chi connectivity index (χ2v) is 13.1. The van der Waals surface area contributed by atoms with E-state index in [9.17, 15) is 14.4 Å². The summed E-state index contributed by atoms with van der Waals surface area (Å²) in [5.74, 6) is -0.519. The topological polar surface area (TPSA) is 94.2 Å². The minimum atomic E-state index is -0.568. The number of benzene rings is 3. The van der Waals surface area contributed by atoms with Crippen LogP contribution in [-0.2, 0) is 23.9 Å². The second-order valence-electron chi connectivity index (χ2n) is 13.1. The van der Waals surface area contributed by atoms with Crippen LogP contribution >= 0.6 is 0 Å². The van der Waals surface area contributed by atoms with Gasteiger partial charge >= 0.3 is 11.9 Å². The molecule has 0 bridgehead atoms. The van der Waals surface area contributed by atoms with Gasteiger partial charge in [-0.25, -0.2) is 9.59 Å². The van der Waals surface area contributed by atoms with Crippen molar-refractivity contribution >= 4 is 23.9 Å². The van der Waals surface area contributed by atoms with Crippen LogP contribution in [-0.4, -0.2) is 46.6 Å². The monoisotopic (exact) mass is 652 g/mol. The molecular weight excluding hydrogens is 604 g/mol.